The number of nitrogens with zero attached hydrogens (tertiary/aromatic N) is 4. The van der Waals surface area contributed by atoms with Crippen LogP contribution in [0.1, 0.15) is 173 Å². The van der Waals surface area contributed by atoms with E-state index in [0.717, 1.165) is 16.7 Å². The van der Waals surface area contributed by atoms with Crippen molar-refractivity contribution >= 4 is 113 Å². The standard InChI is InChI=1S/C65H102N14O24S/c1-41(72-65(100)75-46(63(97)98)20-25-57(88)89)15-7-11-30-69-64(99)70-39-45-18-16-44(17-19-45)35-53(84)73-47(36-58(90)91)61(95)74-48(37-59(92)93)60(94)71-42(2)40-104-49-38-56(87)76(62(49)96)34-26-52(83)68-29-10-6-14-33-79(103)55(86)24-22-51(82)67-28-9-5-13-32-78(102)54(85)23-21-50(81)66-27-8-4-12-31-77(101)43(3)80/h16-19,41-42,46-49,101-103H,4-15,20-40H2,1-3H3,(H,66,81)(H,67,82)(H,68,83)(H,71,94)(H,73,84)(H,74,95)(H,88,89)(H,90,91)(H,92,93)(H,97,98)(H2,69,70,99)(H2,72,75,100)/t41-,42-,46+,47+,48+,49?/m1/s1. The molecular weight excluding hydrogens is 1390 g/mol. The van der Waals surface area contributed by atoms with Crippen LogP contribution in [-0.2, 0) is 84.9 Å². The molecule has 15 amide bonds. The lowest BCUT2D eigenvalue weighted by molar-refractivity contribution is -0.166. The lowest BCUT2D eigenvalue weighted by Crippen LogP contribution is -2.56. The molecule has 0 bridgehead atoms. The van der Waals surface area contributed by atoms with Crippen molar-refractivity contribution in [1.29, 1.82) is 0 Å². The van der Waals surface area contributed by atoms with E-state index in [1.54, 1.807) is 31.2 Å². The normalized spacial score (nSPS) is 13.8. The number of nitrogens with one attached hydrogen (secondary N) is 10. The van der Waals surface area contributed by atoms with Crippen molar-refractivity contribution in [3.63, 3.8) is 0 Å². The van der Waals surface area contributed by atoms with Gasteiger partial charge in [-0.1, -0.05) is 24.3 Å². The van der Waals surface area contributed by atoms with Crippen LogP contribution in [0.4, 0.5) is 9.59 Å². The molecule has 38 nitrogen and oxygen atoms in total. The maximum Gasteiger partial charge on any atom is 0.326 e. The smallest absolute Gasteiger partial charge is 0.326 e. The number of rotatable bonds is 54. The molecule has 39 heteroatoms. The predicted octanol–water partition coefficient (Wildman–Crippen LogP) is -0.0280. The summed E-state index contributed by atoms with van der Waals surface area (Å²) in [6.07, 6.45) is 2.14. The average Bonchev–Trinajstić information content (AvgIpc) is 1.68. The SMILES string of the molecule is CC(=O)N(O)CCCCCNC(=O)CCC(=O)N(O)CCCCCNC(=O)CCC(=O)N(O)CCCCCNC(=O)CCN1C(=O)CC(SC[C@@H](C)NC(=O)[C@H](CC(=O)O)NC(=O)[C@H](CC(=O)O)NC(=O)Cc2ccc(CNC(=O)NCCCC[C@@H](C)NC(=O)N[C@@H](CCC(=O)O)C(=O)O)cc2)C1=O. The minimum Gasteiger partial charge on any atom is -0.481 e. The van der Waals surface area contributed by atoms with Gasteiger partial charge in [0.2, 0.25) is 65.0 Å². The molecule has 1 aliphatic heterocycles. The van der Waals surface area contributed by atoms with Gasteiger partial charge in [0, 0.05) is 129 Å². The van der Waals surface area contributed by atoms with Crippen LogP contribution in [0.5, 0.6) is 0 Å². The zero-order chi connectivity index (χ0) is 77.7. The summed E-state index contributed by atoms with van der Waals surface area (Å²) in [5.74, 6) is -12.6. The number of urea groups is 2. The highest BCUT2D eigenvalue weighted by Crippen LogP contribution is 2.26. The van der Waals surface area contributed by atoms with Gasteiger partial charge in [0.25, 0.3) is 0 Å². The summed E-state index contributed by atoms with van der Waals surface area (Å²) in [5.41, 5.74) is 1.06. The zero-order valence-corrected chi connectivity index (χ0v) is 59.7. The Kier molecular flexibility index (Phi) is 43.9. The van der Waals surface area contributed by atoms with Crippen molar-refractivity contribution in [2.75, 3.05) is 58.1 Å². The van der Waals surface area contributed by atoms with Gasteiger partial charge in [-0.25, -0.2) is 29.6 Å². The molecule has 2 rings (SSSR count). The largest absolute Gasteiger partial charge is 0.481 e. The maximum absolute atomic E-state index is 13.4. The lowest BCUT2D eigenvalue weighted by Gasteiger charge is -2.23. The molecule has 6 atom stereocenters. The molecule has 0 radical (unpaired) electrons. The van der Waals surface area contributed by atoms with Crippen LogP contribution in [0.3, 0.4) is 0 Å². The highest BCUT2D eigenvalue weighted by Gasteiger charge is 2.39. The highest BCUT2D eigenvalue weighted by atomic mass is 32.2. The fourth-order valence-electron chi connectivity index (χ4n) is 9.91. The number of hydroxylamine groups is 6. The van der Waals surface area contributed by atoms with Gasteiger partial charge in [0.1, 0.15) is 18.1 Å². The van der Waals surface area contributed by atoms with Gasteiger partial charge in [-0.05, 0) is 108 Å². The summed E-state index contributed by atoms with van der Waals surface area (Å²) in [4.78, 5) is 210. The first-order valence-electron chi connectivity index (χ1n) is 34.4. The van der Waals surface area contributed by atoms with E-state index in [1.165, 1.54) is 13.8 Å². The second kappa shape index (κ2) is 50.6. The van der Waals surface area contributed by atoms with Gasteiger partial charge in [0.15, 0.2) is 0 Å². The molecule has 17 N–H and O–H groups in total. The quantitative estimate of drug-likeness (QED) is 0.0176. The topological polar surface area (TPSA) is 565 Å². The fraction of sp³-hybridized carbons (Fsp3) is 0.646. The first kappa shape index (κ1) is 90.3. The number of hydrogen-bond donors (Lipinski definition) is 17. The minimum atomic E-state index is -1.76. The summed E-state index contributed by atoms with van der Waals surface area (Å²) < 4.78 is 0. The monoisotopic (exact) mass is 1490 g/mol. The zero-order valence-electron chi connectivity index (χ0n) is 58.9. The number of carbonyl (C=O) groups excluding carboxylic acids is 13. The summed E-state index contributed by atoms with van der Waals surface area (Å²) in [6.45, 7) is 5.64. The van der Waals surface area contributed by atoms with E-state index in [4.69, 9.17) is 5.11 Å². The molecule has 104 heavy (non-hydrogen) atoms. The Morgan fingerprint density at radius 2 is 0.962 bits per heavy atom. The van der Waals surface area contributed by atoms with Gasteiger partial charge in [-0.3, -0.25) is 87.6 Å². The number of thioether (sulfide) groups is 1. The molecule has 1 heterocycles. The van der Waals surface area contributed by atoms with Crippen LogP contribution in [0.2, 0.25) is 0 Å². The van der Waals surface area contributed by atoms with Gasteiger partial charge >= 0.3 is 35.9 Å². The Morgan fingerprint density at radius 3 is 1.47 bits per heavy atom. The Bertz CT molecular complexity index is 3060. The number of benzene rings is 1. The molecule has 1 fully saturated rings. The van der Waals surface area contributed by atoms with Gasteiger partial charge in [0.05, 0.1) is 24.5 Å². The average molecular weight is 1500 g/mol. The van der Waals surface area contributed by atoms with Crippen molar-refractivity contribution in [2.45, 2.75) is 210 Å². The van der Waals surface area contributed by atoms with Crippen molar-refractivity contribution < 1.29 is 118 Å². The Morgan fingerprint density at radius 1 is 0.481 bits per heavy atom. The lowest BCUT2D eigenvalue weighted by atomic mass is 10.1. The number of likely N-dealkylation sites (tertiary alicyclic amines) is 1. The van der Waals surface area contributed by atoms with E-state index >= 15 is 0 Å². The van der Waals surface area contributed by atoms with E-state index in [0.29, 0.717) is 110 Å². The molecule has 0 saturated carbocycles. The molecule has 1 saturated heterocycles. The third-order valence-electron chi connectivity index (χ3n) is 15.7. The second-order valence-electron chi connectivity index (χ2n) is 24.8. The van der Waals surface area contributed by atoms with Crippen LogP contribution in [-0.4, -0.2) is 251 Å². The maximum atomic E-state index is 13.4. The van der Waals surface area contributed by atoms with Crippen LogP contribution in [0.25, 0.3) is 0 Å². The summed E-state index contributed by atoms with van der Waals surface area (Å²) >= 11 is 1.01. The fourth-order valence-corrected chi connectivity index (χ4v) is 11.0. The van der Waals surface area contributed by atoms with Crippen LogP contribution in [0, 0.1) is 0 Å². The molecule has 1 unspecified atom stereocenters. The first-order chi connectivity index (χ1) is 49.2. The number of hydrogen-bond acceptors (Lipinski definition) is 21. The van der Waals surface area contributed by atoms with Crippen molar-refractivity contribution in [3.05, 3.63) is 35.4 Å². The number of unbranched alkanes of at least 4 members (excludes halogenated alkanes) is 7. The second-order valence-corrected chi connectivity index (χ2v) is 26.0. The van der Waals surface area contributed by atoms with Gasteiger partial charge in [-0.2, -0.15) is 0 Å². The van der Waals surface area contributed by atoms with Crippen molar-refractivity contribution in [2.24, 2.45) is 0 Å². The van der Waals surface area contributed by atoms with E-state index in [2.05, 4.69) is 53.2 Å². The highest BCUT2D eigenvalue weighted by molar-refractivity contribution is 8.00. The molecule has 582 valence electrons. The molecular formula is C65H102N14O24S. The molecule has 0 aliphatic carbocycles. The number of carbonyl (C=O) groups is 17. The Labute approximate surface area is 605 Å². The first-order valence-corrected chi connectivity index (χ1v) is 35.5. The summed E-state index contributed by atoms with van der Waals surface area (Å²) in [5, 5.41) is 92.8. The van der Waals surface area contributed by atoms with E-state index < -0.39 is 144 Å². The third-order valence-corrected chi connectivity index (χ3v) is 17.2. The van der Waals surface area contributed by atoms with Crippen molar-refractivity contribution in [3.8, 4) is 0 Å². The van der Waals surface area contributed by atoms with Gasteiger partial charge in [-0.15, -0.1) is 11.8 Å². The molecule has 1 aliphatic rings. The van der Waals surface area contributed by atoms with Crippen molar-refractivity contribution in [1.82, 2.24) is 73.3 Å². The van der Waals surface area contributed by atoms with Crippen LogP contribution in [0.15, 0.2) is 24.3 Å². The molecule has 1 aromatic carbocycles. The molecule has 1 aromatic rings. The third kappa shape index (κ3) is 40.8. The van der Waals surface area contributed by atoms with E-state index in [9.17, 15) is 112 Å². The predicted molar refractivity (Wildman–Crippen MR) is 367 cm³/mol. The summed E-state index contributed by atoms with van der Waals surface area (Å²) in [6, 6.07) is -0.938. The molecule has 0 aromatic heterocycles. The minimum absolute atomic E-state index is 0.0237. The van der Waals surface area contributed by atoms with E-state index in [1.807, 2.05) is 0 Å². The molecule has 0 spiro atoms. The number of imide groups is 1. The number of amides is 15. The number of aliphatic carboxylic acids is 4. The summed E-state index contributed by atoms with van der Waals surface area (Å²) in [7, 11) is 0. The van der Waals surface area contributed by atoms with E-state index in [-0.39, 0.29) is 121 Å². The van der Waals surface area contributed by atoms with Gasteiger partial charge < -0.3 is 73.6 Å². The Balaban J connectivity index is 1.65. The Hall–Kier alpha value is -9.76. The van der Waals surface area contributed by atoms with Crippen LogP contribution < -0.4 is 53.2 Å². The number of carboxylic acid groups (broad SMARTS) is 4. The van der Waals surface area contributed by atoms with Crippen LogP contribution >= 0.6 is 11.8 Å². The number of carboxylic acids is 4.